The van der Waals surface area contributed by atoms with Gasteiger partial charge in [-0.15, -0.1) is 5.10 Å². The second-order valence-corrected chi connectivity index (χ2v) is 12.5. The van der Waals surface area contributed by atoms with E-state index in [4.69, 9.17) is 9.47 Å². The molecular weight excluding hydrogens is 620 g/mol. The van der Waals surface area contributed by atoms with Crippen LogP contribution in [-0.2, 0) is 25.7 Å². The van der Waals surface area contributed by atoms with Crippen molar-refractivity contribution in [3.8, 4) is 11.4 Å². The summed E-state index contributed by atoms with van der Waals surface area (Å²) in [7, 11) is 0. The summed E-state index contributed by atoms with van der Waals surface area (Å²) in [5.74, 6) is 0.565. The molecule has 0 radical (unpaired) electrons. The molecule has 1 aliphatic heterocycles. The van der Waals surface area contributed by atoms with Gasteiger partial charge in [0.15, 0.2) is 6.29 Å². The van der Waals surface area contributed by atoms with E-state index in [0.717, 1.165) is 41.6 Å². The van der Waals surface area contributed by atoms with E-state index < -0.39 is 6.29 Å². The van der Waals surface area contributed by atoms with Crippen LogP contribution in [-0.4, -0.2) is 60.6 Å². The lowest BCUT2D eigenvalue weighted by Gasteiger charge is -2.41. The van der Waals surface area contributed by atoms with Crippen molar-refractivity contribution in [1.29, 1.82) is 0 Å². The van der Waals surface area contributed by atoms with Crippen molar-refractivity contribution < 1.29 is 29.3 Å². The summed E-state index contributed by atoms with van der Waals surface area (Å²) in [5, 5.41) is 37.7. The number of aromatic nitrogens is 4. The Hall–Kier alpha value is -4.30. The fraction of sp³-hybridized carbons (Fsp3) is 0.382. The molecule has 0 bridgehead atoms. The maximum Gasteiger partial charge on any atom is 0.224 e. The number of nitrogens with one attached hydrogen (secondary N) is 2. The van der Waals surface area contributed by atoms with E-state index in [-0.39, 0.29) is 42.3 Å². The molecule has 0 aliphatic carbocycles. The molecule has 1 aliphatic rings. The molecule has 13 heteroatoms. The highest BCUT2D eigenvalue weighted by Gasteiger charge is 2.38. The zero-order valence-electron chi connectivity index (χ0n) is 26.4. The number of rotatable bonds is 14. The van der Waals surface area contributed by atoms with Crippen LogP contribution < -0.4 is 10.6 Å². The highest BCUT2D eigenvalue weighted by atomic mass is 32.2. The van der Waals surface area contributed by atoms with E-state index in [1.54, 1.807) is 28.9 Å². The van der Waals surface area contributed by atoms with Gasteiger partial charge in [-0.2, -0.15) is 4.68 Å². The number of aliphatic hydroxyl groups excluding tert-OH is 1. The third-order valence-electron chi connectivity index (χ3n) is 7.96. The summed E-state index contributed by atoms with van der Waals surface area (Å²) < 4.78 is 14.7. The van der Waals surface area contributed by atoms with Gasteiger partial charge in [-0.1, -0.05) is 61.5 Å². The molecule has 2 heterocycles. The second kappa shape index (κ2) is 16.5. The average molecular weight is 661 g/mol. The Morgan fingerprint density at radius 1 is 0.936 bits per heavy atom. The van der Waals surface area contributed by atoms with Crippen LogP contribution in [0.5, 0.6) is 5.75 Å². The Morgan fingerprint density at radius 3 is 2.36 bits per heavy atom. The van der Waals surface area contributed by atoms with Gasteiger partial charge in [0.05, 0.1) is 24.5 Å². The number of hydrogen-bond acceptors (Lipinski definition) is 10. The number of tetrazole rings is 1. The molecule has 12 nitrogen and oxygen atoms in total. The van der Waals surface area contributed by atoms with E-state index in [1.807, 2.05) is 48.5 Å². The SMILES string of the molecule is CC(=O)NCCCCCC(=O)Nc1ccc([C@@H]2O[C@H](CSc3nnnn3-c3ccc(O)cc3)[C@H](C)[C@H](c3ccc(CO)cc3)O2)cc1. The van der Waals surface area contributed by atoms with Crippen LogP contribution >= 0.6 is 11.8 Å². The maximum atomic E-state index is 12.5. The molecule has 248 valence electrons. The minimum atomic E-state index is -0.666. The predicted octanol–water partition coefficient (Wildman–Crippen LogP) is 5.08. The Bertz CT molecular complexity index is 1600. The fourth-order valence-electron chi connectivity index (χ4n) is 5.29. The molecule has 2 amide bonds. The Morgan fingerprint density at radius 2 is 1.66 bits per heavy atom. The topological polar surface area (TPSA) is 161 Å². The van der Waals surface area contributed by atoms with Crippen molar-refractivity contribution in [3.05, 3.63) is 89.5 Å². The van der Waals surface area contributed by atoms with Crippen LogP contribution in [0.3, 0.4) is 0 Å². The number of aliphatic hydroxyl groups is 1. The summed E-state index contributed by atoms with van der Waals surface area (Å²) >= 11 is 1.47. The second-order valence-electron chi connectivity index (χ2n) is 11.5. The van der Waals surface area contributed by atoms with E-state index in [0.29, 0.717) is 29.6 Å². The molecule has 1 saturated heterocycles. The molecule has 5 rings (SSSR count). The monoisotopic (exact) mass is 660 g/mol. The first-order valence-electron chi connectivity index (χ1n) is 15.7. The van der Waals surface area contributed by atoms with E-state index in [9.17, 15) is 19.8 Å². The number of carbonyl (C=O) groups is 2. The van der Waals surface area contributed by atoms with Gasteiger partial charge in [0.25, 0.3) is 0 Å². The van der Waals surface area contributed by atoms with Gasteiger partial charge in [0.2, 0.25) is 17.0 Å². The summed E-state index contributed by atoms with van der Waals surface area (Å²) in [4.78, 5) is 23.5. The van der Waals surface area contributed by atoms with Gasteiger partial charge in [-0.05, 0) is 70.8 Å². The summed E-state index contributed by atoms with van der Waals surface area (Å²) in [6.45, 7) is 4.17. The summed E-state index contributed by atoms with van der Waals surface area (Å²) in [6, 6.07) is 21.9. The Kier molecular flexibility index (Phi) is 12.0. The van der Waals surface area contributed by atoms with Gasteiger partial charge in [0, 0.05) is 42.8 Å². The van der Waals surface area contributed by atoms with Gasteiger partial charge < -0.3 is 30.3 Å². The first-order chi connectivity index (χ1) is 22.8. The number of benzene rings is 3. The number of thioether (sulfide) groups is 1. The van der Waals surface area contributed by atoms with Crippen LogP contribution in [0.25, 0.3) is 5.69 Å². The number of unbranched alkanes of at least 4 members (excludes halogenated alkanes) is 2. The number of anilines is 1. The standard InChI is InChI=1S/C34H40N6O6S/c1-22-30(21-47-34-37-38-39-40(34)28-15-17-29(43)18-16-28)45-33(46-32(22)25-9-7-24(20-41)8-10-25)26-11-13-27(14-12-26)36-31(44)6-4-3-5-19-35-23(2)42/h7-18,22,30,32-33,41,43H,3-6,19-21H2,1-2H3,(H,35,42)(H,36,44)/t22-,30+,32+,33+/m0/s1. The number of carbonyl (C=O) groups excluding carboxylic acids is 2. The van der Waals surface area contributed by atoms with Crippen molar-refractivity contribution in [2.24, 2.45) is 5.92 Å². The van der Waals surface area contributed by atoms with E-state index >= 15 is 0 Å². The van der Waals surface area contributed by atoms with Gasteiger partial charge >= 0.3 is 0 Å². The number of ether oxygens (including phenoxy) is 2. The number of phenols is 1. The van der Waals surface area contributed by atoms with Crippen LogP contribution in [0.2, 0.25) is 0 Å². The van der Waals surface area contributed by atoms with Gasteiger partial charge in [-0.3, -0.25) is 9.59 Å². The summed E-state index contributed by atoms with van der Waals surface area (Å²) in [5.41, 5.74) is 4.03. The number of hydrogen-bond donors (Lipinski definition) is 4. The molecule has 0 unspecified atom stereocenters. The number of aromatic hydroxyl groups is 1. The number of amides is 2. The zero-order chi connectivity index (χ0) is 33.2. The summed E-state index contributed by atoms with van der Waals surface area (Å²) in [6.07, 6.45) is 1.65. The zero-order valence-corrected chi connectivity index (χ0v) is 27.2. The molecule has 1 aromatic heterocycles. The molecule has 0 saturated carbocycles. The number of nitrogens with zero attached hydrogens (tertiary/aromatic N) is 4. The normalized spacial score (nSPS) is 19.3. The van der Waals surface area contributed by atoms with Crippen molar-refractivity contribution in [3.63, 3.8) is 0 Å². The highest BCUT2D eigenvalue weighted by molar-refractivity contribution is 7.99. The van der Waals surface area contributed by atoms with Crippen molar-refractivity contribution in [1.82, 2.24) is 25.5 Å². The van der Waals surface area contributed by atoms with Crippen LogP contribution in [0, 0.1) is 5.92 Å². The lowest BCUT2D eigenvalue weighted by atomic mass is 9.91. The first-order valence-corrected chi connectivity index (χ1v) is 16.6. The number of phenolic OH excluding ortho intramolecular Hbond substituents is 1. The van der Waals surface area contributed by atoms with Crippen LogP contribution in [0.15, 0.2) is 78.0 Å². The molecule has 4 atom stereocenters. The van der Waals surface area contributed by atoms with Gasteiger partial charge in [-0.25, -0.2) is 0 Å². The highest BCUT2D eigenvalue weighted by Crippen LogP contribution is 2.43. The van der Waals surface area contributed by atoms with Crippen LogP contribution in [0.4, 0.5) is 5.69 Å². The lowest BCUT2D eigenvalue weighted by molar-refractivity contribution is -0.268. The molecule has 1 fully saturated rings. The largest absolute Gasteiger partial charge is 0.508 e. The Balaban J connectivity index is 1.25. The molecule has 4 N–H and O–H groups in total. The molecule has 47 heavy (non-hydrogen) atoms. The van der Waals surface area contributed by atoms with Crippen molar-refractivity contribution in [2.75, 3.05) is 17.6 Å². The smallest absolute Gasteiger partial charge is 0.224 e. The molecular formula is C34H40N6O6S. The minimum absolute atomic E-state index is 0.0338. The van der Waals surface area contributed by atoms with Crippen molar-refractivity contribution >= 4 is 29.3 Å². The third kappa shape index (κ3) is 9.38. The van der Waals surface area contributed by atoms with Crippen molar-refractivity contribution in [2.45, 2.75) is 69.8 Å². The van der Waals surface area contributed by atoms with E-state index in [1.165, 1.54) is 18.7 Å². The molecule has 3 aromatic carbocycles. The molecule has 4 aromatic rings. The molecule has 0 spiro atoms. The fourth-order valence-corrected chi connectivity index (χ4v) is 6.34. The first kappa shape index (κ1) is 34.0. The van der Waals surface area contributed by atoms with E-state index in [2.05, 4.69) is 33.1 Å². The third-order valence-corrected chi connectivity index (χ3v) is 8.96. The average Bonchev–Trinajstić information content (AvgIpc) is 3.55. The van der Waals surface area contributed by atoms with Gasteiger partial charge in [0.1, 0.15) is 5.75 Å². The van der Waals surface area contributed by atoms with Crippen LogP contribution in [0.1, 0.15) is 68.6 Å². The Labute approximate surface area is 277 Å². The quantitative estimate of drug-likeness (QED) is 0.106. The minimum Gasteiger partial charge on any atom is -0.508 e. The lowest BCUT2D eigenvalue weighted by Crippen LogP contribution is -2.38. The predicted molar refractivity (Wildman–Crippen MR) is 177 cm³/mol. The maximum absolute atomic E-state index is 12.5.